The number of carbonyl (C=O) groups excluding carboxylic acids is 6. The molecule has 6 unspecified atom stereocenters. The number of aryl methyl sites for hydroxylation is 3. The summed E-state index contributed by atoms with van der Waals surface area (Å²) in [5, 5.41) is 28.9. The van der Waals surface area contributed by atoms with Crippen molar-refractivity contribution in [3.05, 3.63) is 66.3 Å². The lowest BCUT2D eigenvalue weighted by Gasteiger charge is -2.46. The largest absolute Gasteiger partial charge is 0.437 e. The summed E-state index contributed by atoms with van der Waals surface area (Å²) in [5.41, 5.74) is 10.9. The summed E-state index contributed by atoms with van der Waals surface area (Å²) in [7, 11) is -12.1. The summed E-state index contributed by atoms with van der Waals surface area (Å²) in [5.74, 6) is 0.303. The van der Waals surface area contributed by atoms with E-state index in [4.69, 9.17) is 27.9 Å². The first kappa shape index (κ1) is 110. The van der Waals surface area contributed by atoms with Crippen LogP contribution in [-0.2, 0) is 21.3 Å². The molecule has 3 aromatic rings. The lowest BCUT2D eigenvalue weighted by atomic mass is 9.62. The number of nitrogens with one attached hydrogen (secondary N) is 13. The Hall–Kier alpha value is -6.57. The molecular formula is C79H159N19O13Si6. The minimum atomic E-state index is -2.49. The van der Waals surface area contributed by atoms with E-state index in [-0.39, 0.29) is 127 Å². The highest BCUT2D eigenvalue weighted by Crippen LogP contribution is 2.49. The predicted molar refractivity (Wildman–Crippen MR) is 492 cm³/mol. The fourth-order valence-electron chi connectivity index (χ4n) is 17.7. The van der Waals surface area contributed by atoms with Gasteiger partial charge in [0.1, 0.15) is 0 Å². The first-order valence-corrected chi connectivity index (χ1v) is 58.2. The maximum absolute atomic E-state index is 13.0. The molecule has 0 spiro atoms. The van der Waals surface area contributed by atoms with Crippen molar-refractivity contribution in [3.63, 3.8) is 0 Å². The van der Waals surface area contributed by atoms with Crippen LogP contribution in [-0.4, -0.2) is 180 Å². The Morgan fingerprint density at radius 3 is 1.02 bits per heavy atom. The van der Waals surface area contributed by atoms with Crippen LogP contribution in [0.15, 0.2) is 37.6 Å². The number of anilines is 3. The number of nitrogens with two attached hydrogens (primary N) is 2. The molecule has 3 fully saturated rings. The van der Waals surface area contributed by atoms with Crippen LogP contribution in [0.4, 0.5) is 41.8 Å². The molecule has 38 heteroatoms. The summed E-state index contributed by atoms with van der Waals surface area (Å²) in [6, 6.07) is 5.92. The fourth-order valence-corrected chi connectivity index (χ4v) is 45.9. The van der Waals surface area contributed by atoms with Gasteiger partial charge in [-0.2, -0.15) is 0 Å². The number of hydrogen-bond acceptors (Lipinski definition) is 19. The van der Waals surface area contributed by atoms with Crippen LogP contribution in [0.3, 0.4) is 0 Å². The van der Waals surface area contributed by atoms with Crippen LogP contribution in [0.1, 0.15) is 193 Å². The summed E-state index contributed by atoms with van der Waals surface area (Å²) >= 11 is 0. The molecule has 0 saturated heterocycles. The van der Waals surface area contributed by atoms with Crippen molar-refractivity contribution in [3.8, 4) is 0 Å². The second kappa shape index (κ2) is 47.0. The molecule has 117 heavy (non-hydrogen) atoms. The third kappa shape index (κ3) is 44.5. The van der Waals surface area contributed by atoms with Crippen LogP contribution < -0.4 is 81.3 Å². The van der Waals surface area contributed by atoms with Gasteiger partial charge in [0.25, 0.3) is 16.7 Å². The zero-order valence-electron chi connectivity index (χ0n) is 72.7. The van der Waals surface area contributed by atoms with Crippen molar-refractivity contribution in [2.24, 2.45) is 48.9 Å². The molecule has 10 amide bonds. The average Bonchev–Trinajstić information content (AvgIpc) is 0.802. The molecule has 6 atom stereocenters. The number of aliphatic imine (C=N–C) groups is 1. The van der Waals surface area contributed by atoms with Crippen molar-refractivity contribution >= 4 is 104 Å². The first-order valence-electron chi connectivity index (χ1n) is 40.1. The summed E-state index contributed by atoms with van der Waals surface area (Å²) < 4.78 is 26.5. The van der Waals surface area contributed by atoms with E-state index in [2.05, 4.69) is 229 Å². The van der Waals surface area contributed by atoms with E-state index in [0.29, 0.717) is 69.1 Å². The quantitative estimate of drug-likeness (QED) is 0.0114. The Labute approximate surface area is 707 Å². The van der Waals surface area contributed by atoms with Gasteiger partial charge < -0.3 is 65.1 Å². The molecule has 3 aromatic heterocycles. The molecule has 6 rings (SSSR count). The molecule has 0 aromatic carbocycles. The summed E-state index contributed by atoms with van der Waals surface area (Å²) in [4.78, 5) is 133. The van der Waals surface area contributed by atoms with Gasteiger partial charge >= 0.3 is 47.3 Å². The average molecular weight is 1750 g/mol. The number of urea groups is 5. The third-order valence-electron chi connectivity index (χ3n) is 20.1. The van der Waals surface area contributed by atoms with Gasteiger partial charge in [-0.25, -0.2) is 48.7 Å². The highest BCUT2D eigenvalue weighted by atomic mass is 28.5. The predicted octanol–water partition coefficient (Wildman–Crippen LogP) is 14.6. The van der Waals surface area contributed by atoms with Crippen LogP contribution in [0.25, 0.3) is 0 Å². The van der Waals surface area contributed by atoms with E-state index in [9.17, 15) is 43.2 Å². The van der Waals surface area contributed by atoms with E-state index in [1.54, 1.807) is 26.9 Å². The van der Waals surface area contributed by atoms with E-state index >= 15 is 0 Å². The van der Waals surface area contributed by atoms with Crippen LogP contribution in [0, 0.1) is 53.3 Å². The zero-order valence-corrected chi connectivity index (χ0v) is 78.7. The molecule has 672 valence electrons. The second-order valence-electron chi connectivity index (χ2n) is 38.6. The number of carbonyl (C=O) groups is 5. The Kier molecular flexibility index (Phi) is 44.4. The van der Waals surface area contributed by atoms with Gasteiger partial charge in [0, 0.05) is 80.1 Å². The van der Waals surface area contributed by atoms with Crippen molar-refractivity contribution in [1.29, 1.82) is 0 Å². The smallest absolute Gasteiger partial charge is 0.321 e. The Bertz CT molecular complexity index is 3700. The van der Waals surface area contributed by atoms with E-state index in [1.165, 1.54) is 18.2 Å². The van der Waals surface area contributed by atoms with Gasteiger partial charge in [-0.1, -0.05) is 92.0 Å². The highest BCUT2D eigenvalue weighted by molar-refractivity contribution is 6.88. The van der Waals surface area contributed by atoms with Gasteiger partial charge in [-0.3, -0.25) is 45.3 Å². The topological polar surface area (TPSA) is 461 Å². The second-order valence-corrected chi connectivity index (χ2v) is 63.6. The molecule has 3 heterocycles. The number of aromatic nitrogens is 6. The van der Waals surface area contributed by atoms with Crippen molar-refractivity contribution in [2.75, 3.05) is 61.8 Å². The zero-order chi connectivity index (χ0) is 85.5. The molecule has 0 radical (unpaired) electrons. The summed E-state index contributed by atoms with van der Waals surface area (Å²) in [6.45, 7) is 54.7. The Balaban J connectivity index is 0.00000228. The normalized spacial score (nSPS) is 20.8. The number of isocyanates is 1. The number of aromatic amines is 3. The van der Waals surface area contributed by atoms with Crippen molar-refractivity contribution < 1.29 is 45.2 Å². The Morgan fingerprint density at radius 1 is 0.436 bits per heavy atom. The van der Waals surface area contributed by atoms with Gasteiger partial charge in [-0.15, -0.1) is 0 Å². The number of nitrogens with zero attached hydrogens (tertiary/aromatic N) is 4. The molecule has 0 bridgehead atoms. The molecule has 0 aliphatic heterocycles. The van der Waals surface area contributed by atoms with Gasteiger partial charge in [-0.05, 0) is 253 Å². The molecule has 3 saturated carbocycles. The van der Waals surface area contributed by atoms with Crippen molar-refractivity contribution in [2.45, 2.75) is 317 Å². The monoisotopic (exact) mass is 1750 g/mol. The van der Waals surface area contributed by atoms with Gasteiger partial charge in [0.2, 0.25) is 23.9 Å². The van der Waals surface area contributed by atoms with Crippen LogP contribution in [0.5, 0.6) is 0 Å². The number of hydrogen-bond donors (Lipinski definition) is 15. The SMILES string of the molecule is C.C.C.C.C[Si](C)(CCCN)O[Si](C)(C)O[Si](C)(C)CCCN.Cc1cc(=O)[nH]c(NC(=O)NC2CC(C)(C)CC(C)(CNC(=O)NCCC[Si](C)(C)O[Si](C)(C)O[Si](C)(C)CCCNC(=O)NCC3(C)CC(NC(=O)Nc4nc(C)cc(=O)[nH]4)CC(C)(C)C3)C2)n1.Cc1cc(=O)[nH]c(NC(=O)NCC2(C)CC(N=C=O)CC(C)(C)C2)n1. The molecule has 3 aliphatic carbocycles. The molecule has 32 nitrogen and oxygen atoms in total. The van der Waals surface area contributed by atoms with Crippen molar-refractivity contribution in [1.82, 2.24) is 67.1 Å². The van der Waals surface area contributed by atoms with E-state index in [1.807, 2.05) is 0 Å². The van der Waals surface area contributed by atoms with E-state index < -0.39 is 68.5 Å². The fraction of sp³-hybridized carbons (Fsp3) is 0.772. The maximum atomic E-state index is 13.0. The maximum Gasteiger partial charge on any atom is 0.321 e. The van der Waals surface area contributed by atoms with E-state index in [0.717, 1.165) is 101 Å². The third-order valence-corrected chi connectivity index (χ3v) is 43.0. The first-order chi connectivity index (χ1) is 51.8. The lowest BCUT2D eigenvalue weighted by Crippen LogP contribution is -2.53. The Morgan fingerprint density at radius 2 is 0.718 bits per heavy atom. The number of rotatable bonds is 34. The minimum Gasteiger partial charge on any atom is -0.437 e. The minimum absolute atomic E-state index is 0. The summed E-state index contributed by atoms with van der Waals surface area (Å²) in [6.07, 6.45) is 12.4. The van der Waals surface area contributed by atoms with Gasteiger partial charge in [0.05, 0.1) is 6.04 Å². The number of amides is 10. The number of H-pyrrole nitrogens is 3. The highest BCUT2D eigenvalue weighted by Gasteiger charge is 2.46. The lowest BCUT2D eigenvalue weighted by molar-refractivity contribution is 0.0753. The van der Waals surface area contributed by atoms with Crippen LogP contribution in [0.2, 0.25) is 103 Å². The standard InChI is InChI=1S/C46H84N12O8Si3.C17H25N5O3.C12H34N2O2Si3.4CH4/c1-31-21-35(59)55-37(51-31)57-41(63)53-33-23-43(3,4)27-45(7,25-33)29-49-39(61)47-17-15-19-67(9,10)65-69(13,14)66-68(11,12)20-16-18-48-40(62)50-30-46(8)26-34(24-44(5,6)28-46)54-42(64)58-38-52-32(2)22-36(60)56-38;1-11-5-13(24)21-14(20-11)22-15(25)18-9-17(4)7-12(19-10-23)6-16(2,3)8-17;1-17(2,11-7-9-13)15-19(5,6)16-18(3,4)12-8-10-14;;;;/h21-22,33-34H,15-20,23-30H2,1-14H3,(H2,47,49,61)(H2,48,50,62)(H3,51,53,55,57,59,63)(H3,52,54,56,58,60,64);5,12H,6-9H2,1-4H3,(H3,18,20,21,22,24,25);7-14H2,1-6H3;4*1H4. The van der Waals surface area contributed by atoms with Crippen LogP contribution >= 0.6 is 0 Å². The molecule has 3 aliphatic rings. The molecular weight excluding hydrogens is 1590 g/mol. The van der Waals surface area contributed by atoms with Gasteiger partial charge in [0.15, 0.2) is 33.3 Å². The molecule has 17 N–H and O–H groups in total.